The third-order valence-electron chi connectivity index (χ3n) is 3.23. The Balaban J connectivity index is 1.75. The minimum atomic E-state index is -0.110. The fraction of sp³-hybridized carbons (Fsp3) is 0.0556. The minimum Gasteiger partial charge on any atom is -0.321 e. The lowest BCUT2D eigenvalue weighted by Gasteiger charge is -2.11. The van der Waals surface area contributed by atoms with E-state index in [1.807, 2.05) is 42.5 Å². The molecule has 0 radical (unpaired) electrons. The van der Waals surface area contributed by atoms with E-state index in [1.165, 1.54) is 5.56 Å². The van der Waals surface area contributed by atoms with E-state index < -0.39 is 0 Å². The van der Waals surface area contributed by atoms with Crippen LogP contribution in [0, 0.1) is 0 Å². The molecule has 0 unspecified atom stereocenters. The van der Waals surface area contributed by atoms with Crippen molar-refractivity contribution in [2.75, 3.05) is 5.32 Å². The van der Waals surface area contributed by atoms with Crippen LogP contribution in [-0.2, 0) is 5.75 Å². The van der Waals surface area contributed by atoms with Gasteiger partial charge in [-0.15, -0.1) is 11.8 Å². The van der Waals surface area contributed by atoms with Gasteiger partial charge in [0.05, 0.1) is 11.3 Å². The standard InChI is InChI=1S/C18H14BrNOS2/c19-15-6-2-1-5-14(15)18(21)20-16-7-3-4-8-17(16)23-12-13-9-10-22-11-13/h1-11H,12H2,(H,20,21). The van der Waals surface area contributed by atoms with E-state index in [4.69, 9.17) is 0 Å². The number of hydrogen-bond donors (Lipinski definition) is 1. The van der Waals surface area contributed by atoms with Crippen molar-refractivity contribution < 1.29 is 4.79 Å². The van der Waals surface area contributed by atoms with Crippen molar-refractivity contribution in [3.8, 4) is 0 Å². The van der Waals surface area contributed by atoms with Crippen LogP contribution in [0.2, 0.25) is 0 Å². The Morgan fingerprint density at radius 3 is 2.65 bits per heavy atom. The number of amides is 1. The molecular formula is C18H14BrNOS2. The first kappa shape index (κ1) is 16.3. The van der Waals surface area contributed by atoms with Crippen LogP contribution in [0.25, 0.3) is 0 Å². The van der Waals surface area contributed by atoms with Gasteiger partial charge >= 0.3 is 0 Å². The van der Waals surface area contributed by atoms with Crippen LogP contribution in [0.5, 0.6) is 0 Å². The number of rotatable bonds is 5. The summed E-state index contributed by atoms with van der Waals surface area (Å²) in [6, 6.07) is 17.4. The SMILES string of the molecule is O=C(Nc1ccccc1SCc1ccsc1)c1ccccc1Br. The number of benzene rings is 2. The number of thiophene rings is 1. The molecule has 1 heterocycles. The van der Waals surface area contributed by atoms with Crippen molar-refractivity contribution >= 4 is 50.6 Å². The van der Waals surface area contributed by atoms with Crippen LogP contribution in [0.3, 0.4) is 0 Å². The van der Waals surface area contributed by atoms with Crippen molar-refractivity contribution in [3.63, 3.8) is 0 Å². The summed E-state index contributed by atoms with van der Waals surface area (Å²) in [5.41, 5.74) is 2.77. The lowest BCUT2D eigenvalue weighted by molar-refractivity contribution is 0.102. The zero-order valence-electron chi connectivity index (χ0n) is 12.2. The first-order valence-corrected chi connectivity index (χ1v) is 9.75. The number of carbonyl (C=O) groups excluding carboxylic acids is 1. The Kier molecular flexibility index (Phi) is 5.54. The van der Waals surface area contributed by atoms with Crippen molar-refractivity contribution in [2.24, 2.45) is 0 Å². The molecule has 0 atom stereocenters. The van der Waals surface area contributed by atoms with Gasteiger partial charge in [-0.2, -0.15) is 11.3 Å². The van der Waals surface area contributed by atoms with Gasteiger partial charge in [0.25, 0.3) is 5.91 Å². The van der Waals surface area contributed by atoms with Gasteiger partial charge in [-0.1, -0.05) is 24.3 Å². The first-order valence-electron chi connectivity index (χ1n) is 7.03. The number of halogens is 1. The van der Waals surface area contributed by atoms with E-state index in [9.17, 15) is 4.79 Å². The molecule has 3 aromatic rings. The number of para-hydroxylation sites is 1. The average molecular weight is 404 g/mol. The topological polar surface area (TPSA) is 29.1 Å². The monoisotopic (exact) mass is 403 g/mol. The predicted octanol–water partition coefficient (Wildman–Crippen LogP) is 6.06. The lowest BCUT2D eigenvalue weighted by atomic mass is 10.2. The second kappa shape index (κ2) is 7.81. The predicted molar refractivity (Wildman–Crippen MR) is 102 cm³/mol. The summed E-state index contributed by atoms with van der Waals surface area (Å²) in [6.07, 6.45) is 0. The summed E-state index contributed by atoms with van der Waals surface area (Å²) in [4.78, 5) is 13.5. The summed E-state index contributed by atoms with van der Waals surface area (Å²) in [5, 5.41) is 7.24. The summed E-state index contributed by atoms with van der Waals surface area (Å²) in [5.74, 6) is 0.784. The highest BCUT2D eigenvalue weighted by molar-refractivity contribution is 9.10. The van der Waals surface area contributed by atoms with Crippen LogP contribution in [-0.4, -0.2) is 5.91 Å². The molecular weight excluding hydrogens is 390 g/mol. The van der Waals surface area contributed by atoms with Gasteiger partial charge in [-0.3, -0.25) is 4.79 Å². The highest BCUT2D eigenvalue weighted by atomic mass is 79.9. The summed E-state index contributed by atoms with van der Waals surface area (Å²) >= 11 is 6.85. The molecule has 0 bridgehead atoms. The normalized spacial score (nSPS) is 10.5. The van der Waals surface area contributed by atoms with Crippen molar-refractivity contribution in [1.29, 1.82) is 0 Å². The molecule has 0 saturated carbocycles. The van der Waals surface area contributed by atoms with Crippen LogP contribution in [0.15, 0.2) is 74.7 Å². The molecule has 5 heteroatoms. The third kappa shape index (κ3) is 4.25. The zero-order valence-corrected chi connectivity index (χ0v) is 15.4. The Hall–Kier alpha value is -1.56. The van der Waals surface area contributed by atoms with Gasteiger partial charge in [-0.25, -0.2) is 0 Å². The van der Waals surface area contributed by atoms with Crippen molar-refractivity contribution in [1.82, 2.24) is 0 Å². The molecule has 0 saturated heterocycles. The van der Waals surface area contributed by atoms with Gasteiger partial charge in [0, 0.05) is 15.1 Å². The smallest absolute Gasteiger partial charge is 0.256 e. The van der Waals surface area contributed by atoms with E-state index in [0.717, 1.165) is 20.8 Å². The van der Waals surface area contributed by atoms with Gasteiger partial charge in [-0.05, 0) is 62.6 Å². The molecule has 0 aliphatic carbocycles. The molecule has 23 heavy (non-hydrogen) atoms. The van der Waals surface area contributed by atoms with Crippen LogP contribution in [0.4, 0.5) is 5.69 Å². The van der Waals surface area contributed by atoms with Gasteiger partial charge in [0.15, 0.2) is 0 Å². The zero-order chi connectivity index (χ0) is 16.1. The number of nitrogens with one attached hydrogen (secondary N) is 1. The van der Waals surface area contributed by atoms with E-state index in [1.54, 1.807) is 29.2 Å². The van der Waals surface area contributed by atoms with Crippen LogP contribution < -0.4 is 5.32 Å². The minimum absolute atomic E-state index is 0.110. The number of anilines is 1. The quantitative estimate of drug-likeness (QED) is 0.524. The molecule has 0 aliphatic rings. The summed E-state index contributed by atoms with van der Waals surface area (Å²) in [7, 11) is 0. The Bertz CT molecular complexity index is 802. The molecule has 0 aliphatic heterocycles. The van der Waals surface area contributed by atoms with Crippen LogP contribution >= 0.6 is 39.0 Å². The number of hydrogen-bond acceptors (Lipinski definition) is 3. The Morgan fingerprint density at radius 1 is 1.09 bits per heavy atom. The number of carbonyl (C=O) groups is 1. The highest BCUT2D eigenvalue weighted by Gasteiger charge is 2.11. The molecule has 1 aromatic heterocycles. The molecule has 2 aromatic carbocycles. The molecule has 2 nitrogen and oxygen atoms in total. The third-order valence-corrected chi connectivity index (χ3v) is 5.80. The van der Waals surface area contributed by atoms with E-state index in [0.29, 0.717) is 5.56 Å². The van der Waals surface area contributed by atoms with E-state index >= 15 is 0 Å². The van der Waals surface area contributed by atoms with E-state index in [-0.39, 0.29) is 5.91 Å². The fourth-order valence-corrected chi connectivity index (χ4v) is 4.26. The second-order valence-corrected chi connectivity index (χ2v) is 7.50. The largest absolute Gasteiger partial charge is 0.321 e. The van der Waals surface area contributed by atoms with Crippen molar-refractivity contribution in [2.45, 2.75) is 10.6 Å². The Labute approximate surface area is 152 Å². The fourth-order valence-electron chi connectivity index (χ4n) is 2.07. The Morgan fingerprint density at radius 2 is 1.87 bits per heavy atom. The van der Waals surface area contributed by atoms with Gasteiger partial charge < -0.3 is 5.32 Å². The number of thioether (sulfide) groups is 1. The average Bonchev–Trinajstić information content (AvgIpc) is 3.08. The molecule has 1 amide bonds. The molecule has 116 valence electrons. The maximum absolute atomic E-state index is 12.5. The molecule has 0 fully saturated rings. The maximum atomic E-state index is 12.5. The summed E-state index contributed by atoms with van der Waals surface area (Å²) in [6.45, 7) is 0. The molecule has 0 spiro atoms. The highest BCUT2D eigenvalue weighted by Crippen LogP contribution is 2.31. The van der Waals surface area contributed by atoms with Gasteiger partial charge in [0.1, 0.15) is 0 Å². The van der Waals surface area contributed by atoms with Gasteiger partial charge in [0.2, 0.25) is 0 Å². The van der Waals surface area contributed by atoms with E-state index in [2.05, 4.69) is 38.1 Å². The summed E-state index contributed by atoms with van der Waals surface area (Å²) < 4.78 is 0.793. The molecule has 3 rings (SSSR count). The second-order valence-electron chi connectivity index (χ2n) is 4.85. The van der Waals surface area contributed by atoms with Crippen LogP contribution in [0.1, 0.15) is 15.9 Å². The maximum Gasteiger partial charge on any atom is 0.256 e. The molecule has 1 N–H and O–H groups in total. The van der Waals surface area contributed by atoms with Crippen molar-refractivity contribution in [3.05, 3.63) is 81.0 Å². The first-order chi connectivity index (χ1) is 11.2. The lowest BCUT2D eigenvalue weighted by Crippen LogP contribution is -2.13.